The molecule has 0 aromatic heterocycles. The second-order valence-corrected chi connectivity index (χ2v) is 10.7. The number of ether oxygens (including phenoxy) is 1. The number of unbranched alkanes of at least 4 members (excludes halogenated alkanes) is 4. The number of nitrogens with one attached hydrogen (secondary N) is 3. The summed E-state index contributed by atoms with van der Waals surface area (Å²) in [5, 5.41) is 5.63. The molecule has 0 spiro atoms. The zero-order valence-electron chi connectivity index (χ0n) is 20.9. The molecule has 1 amide bonds. The molecular formula is C28H33N3O4S2. The lowest BCUT2D eigenvalue weighted by molar-refractivity contribution is 0.0977. The van der Waals surface area contributed by atoms with Gasteiger partial charge in [0.25, 0.3) is 5.91 Å². The lowest BCUT2D eigenvalue weighted by Gasteiger charge is -2.11. The highest BCUT2D eigenvalue weighted by Crippen LogP contribution is 2.16. The van der Waals surface area contributed by atoms with E-state index in [1.54, 1.807) is 36.4 Å². The van der Waals surface area contributed by atoms with Crippen LogP contribution in [0.3, 0.4) is 0 Å². The van der Waals surface area contributed by atoms with Gasteiger partial charge >= 0.3 is 0 Å². The van der Waals surface area contributed by atoms with Crippen molar-refractivity contribution in [2.75, 3.05) is 11.9 Å². The van der Waals surface area contributed by atoms with Gasteiger partial charge < -0.3 is 10.1 Å². The van der Waals surface area contributed by atoms with Crippen molar-refractivity contribution in [1.82, 2.24) is 10.0 Å². The Morgan fingerprint density at radius 1 is 0.865 bits per heavy atom. The second-order valence-electron chi connectivity index (χ2n) is 8.53. The summed E-state index contributed by atoms with van der Waals surface area (Å²) >= 11 is 5.24. The van der Waals surface area contributed by atoms with E-state index in [9.17, 15) is 13.2 Å². The Labute approximate surface area is 224 Å². The molecule has 0 aliphatic carbocycles. The number of hydrogen-bond acceptors (Lipinski definition) is 5. The van der Waals surface area contributed by atoms with E-state index in [4.69, 9.17) is 17.0 Å². The highest BCUT2D eigenvalue weighted by atomic mass is 32.2. The molecular weight excluding hydrogens is 506 g/mol. The lowest BCUT2D eigenvalue weighted by Crippen LogP contribution is -2.34. The number of hydrogen-bond donors (Lipinski definition) is 3. The van der Waals surface area contributed by atoms with E-state index in [0.29, 0.717) is 17.9 Å². The number of carbonyl (C=O) groups is 1. The minimum absolute atomic E-state index is 0.107. The minimum Gasteiger partial charge on any atom is -0.494 e. The van der Waals surface area contributed by atoms with Crippen LogP contribution in [0, 0.1) is 0 Å². The summed E-state index contributed by atoms with van der Waals surface area (Å²) in [6, 6.07) is 22.3. The van der Waals surface area contributed by atoms with Crippen LogP contribution >= 0.6 is 12.2 Å². The molecule has 3 aromatic rings. The van der Waals surface area contributed by atoms with Gasteiger partial charge in [0.15, 0.2) is 5.11 Å². The molecule has 3 N–H and O–H groups in total. The molecule has 3 rings (SSSR count). The van der Waals surface area contributed by atoms with Crippen LogP contribution in [0.5, 0.6) is 5.75 Å². The molecule has 0 saturated heterocycles. The summed E-state index contributed by atoms with van der Waals surface area (Å²) < 4.78 is 33.4. The molecule has 0 aliphatic rings. The molecule has 0 bridgehead atoms. The molecule has 7 nitrogen and oxygen atoms in total. The van der Waals surface area contributed by atoms with Crippen LogP contribution in [0.4, 0.5) is 5.69 Å². The maximum absolute atomic E-state index is 12.6. The van der Waals surface area contributed by atoms with Crippen molar-refractivity contribution < 1.29 is 17.9 Å². The standard InChI is InChI=1S/C28H33N3O4S2/c1-2-3-4-5-9-20-35-25-16-12-23(13-17-25)27(32)31-28(36)30-24-14-18-26(19-15-24)37(33,34)29-21-22-10-7-6-8-11-22/h6-8,10-19,29H,2-5,9,20-21H2,1H3,(H2,30,31,32,36). The van der Waals surface area contributed by atoms with Crippen molar-refractivity contribution in [2.45, 2.75) is 50.5 Å². The first-order chi connectivity index (χ1) is 17.9. The van der Waals surface area contributed by atoms with E-state index < -0.39 is 10.0 Å². The molecule has 3 aromatic carbocycles. The van der Waals surface area contributed by atoms with Crippen LogP contribution in [-0.2, 0) is 16.6 Å². The number of anilines is 1. The minimum atomic E-state index is -3.66. The smallest absolute Gasteiger partial charge is 0.257 e. The van der Waals surface area contributed by atoms with Gasteiger partial charge in [-0.25, -0.2) is 13.1 Å². The van der Waals surface area contributed by atoms with E-state index in [1.807, 2.05) is 30.3 Å². The van der Waals surface area contributed by atoms with Crippen molar-refractivity contribution in [1.29, 1.82) is 0 Å². The third kappa shape index (κ3) is 9.60. The number of rotatable bonds is 13. The number of benzene rings is 3. The van der Waals surface area contributed by atoms with Gasteiger partial charge in [-0.3, -0.25) is 10.1 Å². The highest BCUT2D eigenvalue weighted by Gasteiger charge is 2.14. The SMILES string of the molecule is CCCCCCCOc1ccc(C(=O)NC(=S)Nc2ccc(S(=O)(=O)NCc3ccccc3)cc2)cc1. The molecule has 0 radical (unpaired) electrons. The molecule has 0 fully saturated rings. The van der Waals surface area contributed by atoms with Gasteiger partial charge in [0.2, 0.25) is 10.0 Å². The Hall–Kier alpha value is -3.27. The molecule has 9 heteroatoms. The first kappa shape index (κ1) is 28.3. The average Bonchev–Trinajstić information content (AvgIpc) is 2.91. The summed E-state index contributed by atoms with van der Waals surface area (Å²) in [7, 11) is -3.66. The zero-order valence-corrected chi connectivity index (χ0v) is 22.5. The second kappa shape index (κ2) is 14.5. The van der Waals surface area contributed by atoms with E-state index in [1.165, 1.54) is 31.4 Å². The molecule has 0 saturated carbocycles. The molecule has 37 heavy (non-hydrogen) atoms. The van der Waals surface area contributed by atoms with Crippen molar-refractivity contribution >= 4 is 38.9 Å². The van der Waals surface area contributed by atoms with E-state index in [2.05, 4.69) is 22.3 Å². The van der Waals surface area contributed by atoms with Crippen molar-refractivity contribution in [2.24, 2.45) is 0 Å². The number of amides is 1. The summed E-state index contributed by atoms with van der Waals surface area (Å²) in [6.07, 6.45) is 5.86. The van der Waals surface area contributed by atoms with Gasteiger partial charge in [0, 0.05) is 17.8 Å². The Bertz CT molecular complexity index is 1250. The number of carbonyl (C=O) groups excluding carboxylic acids is 1. The topological polar surface area (TPSA) is 96.5 Å². The number of thiocarbonyl (C=S) groups is 1. The maximum Gasteiger partial charge on any atom is 0.257 e. The fourth-order valence-corrected chi connectivity index (χ4v) is 4.74. The first-order valence-corrected chi connectivity index (χ1v) is 14.3. The zero-order chi connectivity index (χ0) is 26.5. The van der Waals surface area contributed by atoms with Crippen LogP contribution in [0.25, 0.3) is 0 Å². The van der Waals surface area contributed by atoms with Crippen molar-refractivity contribution in [3.8, 4) is 5.75 Å². The predicted octanol–water partition coefficient (Wildman–Crippen LogP) is 5.64. The maximum atomic E-state index is 12.6. The predicted molar refractivity (Wildman–Crippen MR) is 151 cm³/mol. The van der Waals surface area contributed by atoms with E-state index >= 15 is 0 Å². The van der Waals surface area contributed by atoms with Gasteiger partial charge in [-0.1, -0.05) is 62.9 Å². The Balaban J connectivity index is 1.45. The van der Waals surface area contributed by atoms with Crippen molar-refractivity contribution in [3.63, 3.8) is 0 Å². The van der Waals surface area contributed by atoms with Crippen LogP contribution in [0.1, 0.15) is 54.9 Å². The summed E-state index contributed by atoms with van der Waals surface area (Å²) in [4.78, 5) is 12.7. The van der Waals surface area contributed by atoms with Crippen LogP contribution in [0.15, 0.2) is 83.8 Å². The van der Waals surface area contributed by atoms with Gasteiger partial charge in [-0.15, -0.1) is 0 Å². The largest absolute Gasteiger partial charge is 0.494 e. The fraction of sp³-hybridized carbons (Fsp3) is 0.286. The Morgan fingerprint density at radius 2 is 1.54 bits per heavy atom. The average molecular weight is 540 g/mol. The summed E-state index contributed by atoms with van der Waals surface area (Å²) in [5.74, 6) is 0.369. The fourth-order valence-electron chi connectivity index (χ4n) is 3.51. The molecule has 0 aliphatic heterocycles. The Morgan fingerprint density at radius 3 is 2.22 bits per heavy atom. The van der Waals surface area contributed by atoms with E-state index in [0.717, 1.165) is 24.2 Å². The monoisotopic (exact) mass is 539 g/mol. The normalized spacial score (nSPS) is 11.1. The van der Waals surface area contributed by atoms with Gasteiger partial charge in [-0.2, -0.15) is 0 Å². The van der Waals surface area contributed by atoms with Crippen LogP contribution < -0.4 is 20.1 Å². The van der Waals surface area contributed by atoms with Gasteiger partial charge in [0.05, 0.1) is 11.5 Å². The van der Waals surface area contributed by atoms with Crippen LogP contribution in [0.2, 0.25) is 0 Å². The molecule has 196 valence electrons. The molecule has 0 unspecified atom stereocenters. The van der Waals surface area contributed by atoms with Gasteiger partial charge in [-0.05, 0) is 72.7 Å². The van der Waals surface area contributed by atoms with Crippen molar-refractivity contribution in [3.05, 3.63) is 90.0 Å². The molecule has 0 heterocycles. The summed E-state index contributed by atoms with van der Waals surface area (Å²) in [6.45, 7) is 3.05. The highest BCUT2D eigenvalue weighted by molar-refractivity contribution is 7.89. The lowest BCUT2D eigenvalue weighted by atomic mass is 10.2. The third-order valence-electron chi connectivity index (χ3n) is 5.59. The number of sulfonamides is 1. The third-order valence-corrected chi connectivity index (χ3v) is 7.21. The Kier molecular flexibility index (Phi) is 11.1. The molecule has 0 atom stereocenters. The first-order valence-electron chi connectivity index (χ1n) is 12.4. The summed E-state index contributed by atoms with van der Waals surface area (Å²) in [5.41, 5.74) is 1.87. The van der Waals surface area contributed by atoms with Crippen LogP contribution in [-0.4, -0.2) is 26.0 Å². The van der Waals surface area contributed by atoms with E-state index in [-0.39, 0.29) is 22.5 Å². The quantitative estimate of drug-likeness (QED) is 0.192. The van der Waals surface area contributed by atoms with Gasteiger partial charge in [0.1, 0.15) is 5.75 Å².